The van der Waals surface area contributed by atoms with Crippen LogP contribution in [0.2, 0.25) is 0 Å². The Balaban J connectivity index is 2.36. The maximum Gasteiger partial charge on any atom is 0.164 e. The third-order valence-electron chi connectivity index (χ3n) is 3.37. The molecule has 0 aliphatic heterocycles. The summed E-state index contributed by atoms with van der Waals surface area (Å²) >= 11 is 8.71. The highest BCUT2D eigenvalue weighted by atomic mass is 79.9. The fourth-order valence-electron chi connectivity index (χ4n) is 2.28. The Hall–Kier alpha value is -1.79. The number of halogens is 1. The van der Waals surface area contributed by atoms with Crippen LogP contribution in [-0.2, 0) is 0 Å². The van der Waals surface area contributed by atoms with E-state index in [4.69, 9.17) is 22.9 Å². The summed E-state index contributed by atoms with van der Waals surface area (Å²) in [6.07, 6.45) is 0. The fourth-order valence-corrected chi connectivity index (χ4v) is 2.68. The van der Waals surface area contributed by atoms with Gasteiger partial charge in [-0.3, -0.25) is 0 Å². The van der Waals surface area contributed by atoms with Crippen molar-refractivity contribution in [2.45, 2.75) is 13.8 Å². The van der Waals surface area contributed by atoms with Crippen LogP contribution in [0.25, 0.3) is 16.7 Å². The van der Waals surface area contributed by atoms with Gasteiger partial charge < -0.3 is 5.73 Å². The number of fused-ring (bicyclic) bond motifs is 1. The minimum atomic E-state index is 0.312. The Morgan fingerprint density at radius 3 is 2.62 bits per heavy atom. The van der Waals surface area contributed by atoms with Crippen molar-refractivity contribution in [3.63, 3.8) is 0 Å². The van der Waals surface area contributed by atoms with Gasteiger partial charge in [-0.25, -0.2) is 9.67 Å². The molecule has 6 heteroatoms. The highest BCUT2D eigenvalue weighted by molar-refractivity contribution is 9.10. The van der Waals surface area contributed by atoms with E-state index in [-0.39, 0.29) is 0 Å². The van der Waals surface area contributed by atoms with E-state index >= 15 is 0 Å². The Labute approximate surface area is 136 Å². The number of aryl methyl sites for hydroxylation is 1. The molecule has 2 heterocycles. The summed E-state index contributed by atoms with van der Waals surface area (Å²) in [6.45, 7) is 3.92. The Bertz CT molecular complexity index is 869. The lowest BCUT2D eigenvalue weighted by atomic mass is 10.1. The standard InChI is InChI=1S/C15H13BrN4S/c1-8-13(16)9(2)20(19-8)15-11(14(17)21)7-10-5-3-4-6-12(10)18-15/h3-7H,1-2H3,(H2,17,21). The van der Waals surface area contributed by atoms with Crippen LogP contribution in [0.15, 0.2) is 34.8 Å². The quantitative estimate of drug-likeness (QED) is 0.711. The molecule has 0 atom stereocenters. The molecule has 21 heavy (non-hydrogen) atoms. The highest BCUT2D eigenvalue weighted by Gasteiger charge is 2.17. The molecule has 1 aromatic carbocycles. The zero-order valence-electron chi connectivity index (χ0n) is 11.6. The number of thiocarbonyl (C=S) groups is 1. The minimum Gasteiger partial charge on any atom is -0.389 e. The van der Waals surface area contributed by atoms with Crippen molar-refractivity contribution in [1.82, 2.24) is 14.8 Å². The number of hydrogen-bond acceptors (Lipinski definition) is 3. The van der Waals surface area contributed by atoms with E-state index in [0.29, 0.717) is 10.8 Å². The summed E-state index contributed by atoms with van der Waals surface area (Å²) in [4.78, 5) is 5.01. The zero-order valence-corrected chi connectivity index (χ0v) is 14.0. The largest absolute Gasteiger partial charge is 0.389 e. The number of pyridine rings is 1. The summed E-state index contributed by atoms with van der Waals surface area (Å²) in [5.41, 5.74) is 9.35. The first kappa shape index (κ1) is 14.2. The van der Waals surface area contributed by atoms with E-state index in [0.717, 1.165) is 32.3 Å². The van der Waals surface area contributed by atoms with E-state index in [1.54, 1.807) is 4.68 Å². The lowest BCUT2D eigenvalue weighted by molar-refractivity contribution is 0.808. The molecule has 0 saturated carbocycles. The molecule has 0 bridgehead atoms. The first-order chi connectivity index (χ1) is 9.99. The second kappa shape index (κ2) is 5.20. The zero-order chi connectivity index (χ0) is 15.1. The summed E-state index contributed by atoms with van der Waals surface area (Å²) in [7, 11) is 0. The minimum absolute atomic E-state index is 0.312. The van der Waals surface area contributed by atoms with E-state index in [1.807, 2.05) is 44.2 Å². The van der Waals surface area contributed by atoms with Crippen molar-refractivity contribution in [2.24, 2.45) is 5.73 Å². The van der Waals surface area contributed by atoms with Crippen LogP contribution in [0, 0.1) is 13.8 Å². The number of para-hydroxylation sites is 1. The van der Waals surface area contributed by atoms with Gasteiger partial charge in [-0.2, -0.15) is 5.10 Å². The molecular weight excluding hydrogens is 348 g/mol. The molecule has 0 fully saturated rings. The van der Waals surface area contributed by atoms with E-state index < -0.39 is 0 Å². The van der Waals surface area contributed by atoms with Gasteiger partial charge in [0.05, 0.1) is 26.9 Å². The molecule has 0 radical (unpaired) electrons. The Kier molecular flexibility index (Phi) is 3.51. The van der Waals surface area contributed by atoms with Gasteiger partial charge in [0.25, 0.3) is 0 Å². The molecule has 0 unspecified atom stereocenters. The lowest BCUT2D eigenvalue weighted by Crippen LogP contribution is -2.16. The highest BCUT2D eigenvalue weighted by Crippen LogP contribution is 2.25. The van der Waals surface area contributed by atoms with Crippen LogP contribution in [0.5, 0.6) is 0 Å². The smallest absolute Gasteiger partial charge is 0.164 e. The molecule has 0 amide bonds. The molecule has 0 aliphatic rings. The van der Waals surface area contributed by atoms with Gasteiger partial charge in [0.15, 0.2) is 5.82 Å². The van der Waals surface area contributed by atoms with Crippen LogP contribution in [0.3, 0.4) is 0 Å². The first-order valence-corrected chi connectivity index (χ1v) is 7.61. The number of hydrogen-bond donors (Lipinski definition) is 1. The van der Waals surface area contributed by atoms with Gasteiger partial charge >= 0.3 is 0 Å². The van der Waals surface area contributed by atoms with Crippen LogP contribution in [0.1, 0.15) is 17.0 Å². The van der Waals surface area contributed by atoms with Gasteiger partial charge in [0, 0.05) is 5.39 Å². The van der Waals surface area contributed by atoms with Gasteiger partial charge in [-0.15, -0.1) is 0 Å². The number of nitrogens with zero attached hydrogens (tertiary/aromatic N) is 3. The molecule has 4 nitrogen and oxygen atoms in total. The molecule has 3 rings (SSSR count). The van der Waals surface area contributed by atoms with Gasteiger partial charge in [-0.1, -0.05) is 30.4 Å². The van der Waals surface area contributed by atoms with Crippen LogP contribution >= 0.6 is 28.1 Å². The summed E-state index contributed by atoms with van der Waals surface area (Å²) in [5.74, 6) is 0.660. The predicted octanol–water partition coefficient (Wildman–Crippen LogP) is 3.43. The van der Waals surface area contributed by atoms with Crippen molar-refractivity contribution >= 4 is 44.0 Å². The second-order valence-electron chi connectivity index (χ2n) is 4.81. The summed E-state index contributed by atoms with van der Waals surface area (Å²) in [6, 6.07) is 9.84. The van der Waals surface area contributed by atoms with Crippen molar-refractivity contribution in [1.29, 1.82) is 0 Å². The molecule has 0 saturated heterocycles. The number of benzene rings is 1. The maximum absolute atomic E-state index is 5.88. The van der Waals surface area contributed by atoms with Crippen molar-refractivity contribution in [3.8, 4) is 5.82 Å². The number of rotatable bonds is 2. The molecule has 2 aromatic heterocycles. The number of aromatic nitrogens is 3. The van der Waals surface area contributed by atoms with Crippen LogP contribution in [-0.4, -0.2) is 19.8 Å². The number of nitrogens with two attached hydrogens (primary N) is 1. The third kappa shape index (κ3) is 2.34. The van der Waals surface area contributed by atoms with E-state index in [2.05, 4.69) is 21.0 Å². The fraction of sp³-hybridized carbons (Fsp3) is 0.133. The molecule has 0 aliphatic carbocycles. The van der Waals surface area contributed by atoms with Crippen molar-refractivity contribution in [3.05, 3.63) is 51.8 Å². The van der Waals surface area contributed by atoms with E-state index in [1.165, 1.54) is 0 Å². The topological polar surface area (TPSA) is 56.7 Å². The molecule has 0 spiro atoms. The van der Waals surface area contributed by atoms with Crippen LogP contribution in [0.4, 0.5) is 0 Å². The average molecular weight is 361 g/mol. The lowest BCUT2D eigenvalue weighted by Gasteiger charge is -2.11. The average Bonchev–Trinajstić information content (AvgIpc) is 2.73. The maximum atomic E-state index is 5.88. The van der Waals surface area contributed by atoms with Crippen LogP contribution < -0.4 is 5.73 Å². The van der Waals surface area contributed by atoms with E-state index in [9.17, 15) is 0 Å². The second-order valence-corrected chi connectivity index (χ2v) is 6.05. The third-order valence-corrected chi connectivity index (χ3v) is 4.74. The SMILES string of the molecule is Cc1nn(-c2nc3ccccc3cc2C(N)=S)c(C)c1Br. The Morgan fingerprint density at radius 2 is 2.00 bits per heavy atom. The predicted molar refractivity (Wildman–Crippen MR) is 91.9 cm³/mol. The van der Waals surface area contributed by atoms with Crippen molar-refractivity contribution < 1.29 is 0 Å². The first-order valence-electron chi connectivity index (χ1n) is 6.40. The molecular formula is C15H13BrN4S. The molecule has 106 valence electrons. The summed E-state index contributed by atoms with van der Waals surface area (Å²) < 4.78 is 2.74. The monoisotopic (exact) mass is 360 g/mol. The molecule has 3 aromatic rings. The summed E-state index contributed by atoms with van der Waals surface area (Å²) in [5, 5.41) is 5.53. The Morgan fingerprint density at radius 1 is 1.29 bits per heavy atom. The molecule has 2 N–H and O–H groups in total. The van der Waals surface area contributed by atoms with Gasteiger partial charge in [0.2, 0.25) is 0 Å². The van der Waals surface area contributed by atoms with Gasteiger partial charge in [0.1, 0.15) is 4.99 Å². The van der Waals surface area contributed by atoms with Gasteiger partial charge in [-0.05, 0) is 41.9 Å². The van der Waals surface area contributed by atoms with Crippen molar-refractivity contribution in [2.75, 3.05) is 0 Å². The normalized spacial score (nSPS) is 11.0.